The van der Waals surface area contributed by atoms with Crippen LogP contribution in [0, 0.1) is 5.41 Å². The monoisotopic (exact) mass is 279 g/mol. The molecule has 1 fully saturated rings. The van der Waals surface area contributed by atoms with Crippen molar-refractivity contribution in [3.05, 3.63) is 34.9 Å². The molecule has 0 radical (unpaired) electrons. The molecule has 1 aromatic carbocycles. The molecule has 0 heterocycles. The number of hydrogen-bond acceptors (Lipinski definition) is 1. The van der Waals surface area contributed by atoms with Crippen LogP contribution in [0.15, 0.2) is 24.3 Å². The van der Waals surface area contributed by atoms with E-state index in [4.69, 9.17) is 11.6 Å². The highest BCUT2D eigenvalue weighted by molar-refractivity contribution is 6.30. The van der Waals surface area contributed by atoms with Crippen molar-refractivity contribution < 1.29 is 4.79 Å². The van der Waals surface area contributed by atoms with Crippen molar-refractivity contribution in [2.75, 3.05) is 0 Å². The quantitative estimate of drug-likeness (QED) is 0.806. The largest absolute Gasteiger partial charge is 0.335 e. The SMILES string of the molecule is CC(C)(C)CC(=O)N(Cc1ccc(Cl)cc1)C1CC1. The Balaban J connectivity index is 2.04. The molecular weight excluding hydrogens is 258 g/mol. The summed E-state index contributed by atoms with van der Waals surface area (Å²) in [5.41, 5.74) is 1.20. The van der Waals surface area contributed by atoms with E-state index in [-0.39, 0.29) is 11.3 Å². The van der Waals surface area contributed by atoms with E-state index in [1.54, 1.807) is 0 Å². The summed E-state index contributed by atoms with van der Waals surface area (Å²) < 4.78 is 0. The molecule has 1 aliphatic rings. The third-order valence-electron chi connectivity index (χ3n) is 3.26. The minimum atomic E-state index is 0.0459. The summed E-state index contributed by atoms with van der Waals surface area (Å²) in [6.45, 7) is 7.03. The van der Waals surface area contributed by atoms with E-state index in [2.05, 4.69) is 20.8 Å². The van der Waals surface area contributed by atoms with Gasteiger partial charge in [-0.3, -0.25) is 4.79 Å². The van der Waals surface area contributed by atoms with E-state index < -0.39 is 0 Å². The fraction of sp³-hybridized carbons (Fsp3) is 0.562. The summed E-state index contributed by atoms with van der Waals surface area (Å²) in [6.07, 6.45) is 2.89. The molecule has 104 valence electrons. The summed E-state index contributed by atoms with van der Waals surface area (Å²) in [4.78, 5) is 14.4. The normalized spacial score (nSPS) is 15.4. The van der Waals surface area contributed by atoms with Gasteiger partial charge in [-0.1, -0.05) is 44.5 Å². The molecule has 1 amide bonds. The van der Waals surface area contributed by atoms with Crippen LogP contribution in [0.4, 0.5) is 0 Å². The van der Waals surface area contributed by atoms with Gasteiger partial charge >= 0.3 is 0 Å². The van der Waals surface area contributed by atoms with Crippen molar-refractivity contribution in [1.29, 1.82) is 0 Å². The molecule has 19 heavy (non-hydrogen) atoms. The predicted molar refractivity (Wildman–Crippen MR) is 79.1 cm³/mol. The number of halogens is 1. The average Bonchev–Trinajstić information content (AvgIpc) is 3.09. The van der Waals surface area contributed by atoms with Gasteiger partial charge in [0.2, 0.25) is 5.91 Å². The number of rotatable bonds is 4. The average molecular weight is 280 g/mol. The Morgan fingerprint density at radius 1 is 1.26 bits per heavy atom. The fourth-order valence-corrected chi connectivity index (χ4v) is 2.27. The van der Waals surface area contributed by atoms with E-state index >= 15 is 0 Å². The molecule has 0 spiro atoms. The van der Waals surface area contributed by atoms with Gasteiger partial charge in [0, 0.05) is 24.0 Å². The Morgan fingerprint density at radius 2 is 1.84 bits per heavy atom. The highest BCUT2D eigenvalue weighted by Crippen LogP contribution is 2.31. The van der Waals surface area contributed by atoms with E-state index in [0.29, 0.717) is 19.0 Å². The molecule has 0 atom stereocenters. The van der Waals surface area contributed by atoms with E-state index in [9.17, 15) is 4.79 Å². The lowest BCUT2D eigenvalue weighted by Gasteiger charge is -2.27. The zero-order valence-corrected chi connectivity index (χ0v) is 12.7. The molecule has 1 saturated carbocycles. The molecule has 1 aromatic rings. The number of benzene rings is 1. The Kier molecular flexibility index (Phi) is 4.19. The number of carbonyl (C=O) groups excluding carboxylic acids is 1. The van der Waals surface area contributed by atoms with Gasteiger partial charge in [0.05, 0.1) is 0 Å². The molecule has 0 aliphatic heterocycles. The molecule has 3 heteroatoms. The summed E-state index contributed by atoms with van der Waals surface area (Å²) in [6, 6.07) is 8.22. The first kappa shape index (κ1) is 14.4. The number of nitrogens with zero attached hydrogens (tertiary/aromatic N) is 1. The minimum Gasteiger partial charge on any atom is -0.335 e. The van der Waals surface area contributed by atoms with Crippen molar-refractivity contribution in [2.24, 2.45) is 5.41 Å². The first-order chi connectivity index (χ1) is 8.85. The van der Waals surface area contributed by atoms with Gasteiger partial charge in [0.1, 0.15) is 0 Å². The zero-order chi connectivity index (χ0) is 14.0. The van der Waals surface area contributed by atoms with Gasteiger partial charge in [-0.15, -0.1) is 0 Å². The Morgan fingerprint density at radius 3 is 2.32 bits per heavy atom. The minimum absolute atomic E-state index is 0.0459. The maximum Gasteiger partial charge on any atom is 0.223 e. The van der Waals surface area contributed by atoms with Crippen LogP contribution in [0.25, 0.3) is 0 Å². The third kappa shape index (κ3) is 4.54. The molecule has 0 N–H and O–H groups in total. The van der Waals surface area contributed by atoms with E-state index in [1.807, 2.05) is 29.2 Å². The molecular formula is C16H22ClNO. The van der Waals surface area contributed by atoms with Crippen LogP contribution in [0.1, 0.15) is 45.6 Å². The lowest BCUT2D eigenvalue weighted by molar-refractivity contribution is -0.134. The predicted octanol–water partition coefficient (Wildman–Crippen LogP) is 4.27. The van der Waals surface area contributed by atoms with Gasteiger partial charge < -0.3 is 4.90 Å². The maximum atomic E-state index is 12.4. The number of amides is 1. The van der Waals surface area contributed by atoms with Crippen LogP contribution in [-0.2, 0) is 11.3 Å². The van der Waals surface area contributed by atoms with Crippen LogP contribution < -0.4 is 0 Å². The maximum absolute atomic E-state index is 12.4. The van der Waals surface area contributed by atoms with Crippen LogP contribution in [0.2, 0.25) is 5.02 Å². The number of hydrogen-bond donors (Lipinski definition) is 0. The highest BCUT2D eigenvalue weighted by atomic mass is 35.5. The highest BCUT2D eigenvalue weighted by Gasteiger charge is 2.33. The van der Waals surface area contributed by atoms with Gasteiger partial charge in [0.25, 0.3) is 0 Å². The second kappa shape index (κ2) is 5.54. The van der Waals surface area contributed by atoms with Gasteiger partial charge in [0.15, 0.2) is 0 Å². The topological polar surface area (TPSA) is 20.3 Å². The fourth-order valence-electron chi connectivity index (χ4n) is 2.15. The van der Waals surface area contributed by atoms with Crippen LogP contribution in [0.3, 0.4) is 0 Å². The standard InChI is InChI=1S/C16H22ClNO/c1-16(2,3)10-15(19)18(14-8-9-14)11-12-4-6-13(17)7-5-12/h4-7,14H,8-11H2,1-3H3. The lowest BCUT2D eigenvalue weighted by atomic mass is 9.91. The van der Waals surface area contributed by atoms with Gasteiger partial charge in [-0.25, -0.2) is 0 Å². The Bertz CT molecular complexity index is 443. The van der Waals surface area contributed by atoms with Gasteiger partial charge in [-0.05, 0) is 36.0 Å². The second-order valence-corrected chi connectivity index (χ2v) is 7.05. The molecule has 2 rings (SSSR count). The van der Waals surface area contributed by atoms with Gasteiger partial charge in [-0.2, -0.15) is 0 Å². The van der Waals surface area contributed by atoms with Crippen molar-refractivity contribution >= 4 is 17.5 Å². The van der Waals surface area contributed by atoms with Crippen LogP contribution >= 0.6 is 11.6 Å². The van der Waals surface area contributed by atoms with Crippen molar-refractivity contribution in [3.8, 4) is 0 Å². The van der Waals surface area contributed by atoms with Crippen molar-refractivity contribution in [3.63, 3.8) is 0 Å². The lowest BCUT2D eigenvalue weighted by Crippen LogP contribution is -2.34. The van der Waals surface area contributed by atoms with E-state index in [0.717, 1.165) is 23.4 Å². The molecule has 1 aliphatic carbocycles. The smallest absolute Gasteiger partial charge is 0.223 e. The van der Waals surface area contributed by atoms with E-state index in [1.165, 1.54) is 0 Å². The first-order valence-corrected chi connectivity index (χ1v) is 7.27. The summed E-state index contributed by atoms with van der Waals surface area (Å²) in [5, 5.41) is 0.739. The summed E-state index contributed by atoms with van der Waals surface area (Å²) in [7, 11) is 0. The van der Waals surface area contributed by atoms with Crippen molar-refractivity contribution in [2.45, 2.75) is 52.6 Å². The zero-order valence-electron chi connectivity index (χ0n) is 11.9. The second-order valence-electron chi connectivity index (χ2n) is 6.62. The molecule has 0 aromatic heterocycles. The van der Waals surface area contributed by atoms with Crippen LogP contribution in [0.5, 0.6) is 0 Å². The molecule has 2 nitrogen and oxygen atoms in total. The Hall–Kier alpha value is -1.02. The summed E-state index contributed by atoms with van der Waals surface area (Å²) >= 11 is 5.89. The first-order valence-electron chi connectivity index (χ1n) is 6.89. The summed E-state index contributed by atoms with van der Waals surface area (Å²) in [5.74, 6) is 0.268. The molecule has 0 bridgehead atoms. The Labute approximate surface area is 120 Å². The molecule has 0 saturated heterocycles. The third-order valence-corrected chi connectivity index (χ3v) is 3.51. The van der Waals surface area contributed by atoms with Crippen LogP contribution in [-0.4, -0.2) is 16.8 Å². The van der Waals surface area contributed by atoms with Crippen molar-refractivity contribution in [1.82, 2.24) is 4.90 Å². The number of carbonyl (C=O) groups is 1. The molecule has 0 unspecified atom stereocenters.